The third-order valence-corrected chi connectivity index (χ3v) is 4.18. The molecule has 0 saturated carbocycles. The Morgan fingerprint density at radius 1 is 1.19 bits per heavy atom. The van der Waals surface area contributed by atoms with E-state index >= 15 is 0 Å². The van der Waals surface area contributed by atoms with Gasteiger partial charge >= 0.3 is 0 Å². The van der Waals surface area contributed by atoms with Gasteiger partial charge in [0.2, 0.25) is 5.91 Å². The maximum atomic E-state index is 13.0. The number of carbonyl (C=O) groups excluding carboxylic acids is 2. The van der Waals surface area contributed by atoms with E-state index in [9.17, 15) is 14.7 Å². The second kappa shape index (κ2) is 9.36. The standard InChI is InChI=1S/C20H23ClN2O3/c1-14(13-24)11-23(12-16-6-4-3-5-7-16)20(26)18-9-8-17(10-19(18)21)22-15(2)25/h3-10,14,24H,11-13H2,1-2H3,(H,22,25)/t14-/m1/s1. The van der Waals surface area contributed by atoms with Crippen molar-refractivity contribution in [1.82, 2.24) is 4.90 Å². The number of anilines is 1. The van der Waals surface area contributed by atoms with Crippen molar-refractivity contribution in [2.75, 3.05) is 18.5 Å². The molecule has 0 heterocycles. The zero-order valence-corrected chi connectivity index (χ0v) is 15.7. The summed E-state index contributed by atoms with van der Waals surface area (Å²) in [6, 6.07) is 14.5. The van der Waals surface area contributed by atoms with Crippen LogP contribution in [0.2, 0.25) is 5.02 Å². The summed E-state index contributed by atoms with van der Waals surface area (Å²) in [4.78, 5) is 25.9. The van der Waals surface area contributed by atoms with Gasteiger partial charge in [-0.25, -0.2) is 0 Å². The zero-order valence-electron chi connectivity index (χ0n) is 14.9. The highest BCUT2D eigenvalue weighted by atomic mass is 35.5. The Morgan fingerprint density at radius 3 is 2.46 bits per heavy atom. The third kappa shape index (κ3) is 5.58. The lowest BCUT2D eigenvalue weighted by atomic mass is 10.1. The van der Waals surface area contributed by atoms with E-state index in [0.29, 0.717) is 24.3 Å². The molecule has 0 aliphatic heterocycles. The van der Waals surface area contributed by atoms with Gasteiger partial charge in [0, 0.05) is 32.3 Å². The van der Waals surface area contributed by atoms with Crippen LogP contribution in [0, 0.1) is 5.92 Å². The van der Waals surface area contributed by atoms with E-state index in [1.54, 1.807) is 23.1 Å². The molecule has 0 spiro atoms. The first-order valence-corrected chi connectivity index (χ1v) is 8.79. The molecule has 0 aliphatic carbocycles. The quantitative estimate of drug-likeness (QED) is 0.778. The molecule has 5 nitrogen and oxygen atoms in total. The first-order valence-electron chi connectivity index (χ1n) is 8.42. The molecule has 2 N–H and O–H groups in total. The Morgan fingerprint density at radius 2 is 1.88 bits per heavy atom. The Bertz CT molecular complexity index is 765. The average Bonchev–Trinajstić information content (AvgIpc) is 2.61. The molecule has 26 heavy (non-hydrogen) atoms. The maximum absolute atomic E-state index is 13.0. The Balaban J connectivity index is 2.25. The van der Waals surface area contributed by atoms with Crippen molar-refractivity contribution in [1.29, 1.82) is 0 Å². The predicted octanol–water partition coefficient (Wildman–Crippen LogP) is 3.57. The van der Waals surface area contributed by atoms with E-state index in [-0.39, 0.29) is 29.4 Å². The van der Waals surface area contributed by atoms with E-state index < -0.39 is 0 Å². The molecular formula is C20H23ClN2O3. The fraction of sp³-hybridized carbons (Fsp3) is 0.300. The van der Waals surface area contributed by atoms with Gasteiger partial charge < -0.3 is 15.3 Å². The highest BCUT2D eigenvalue weighted by molar-refractivity contribution is 6.34. The number of aliphatic hydroxyl groups is 1. The summed E-state index contributed by atoms with van der Waals surface area (Å²) in [6.45, 7) is 4.12. The molecule has 6 heteroatoms. The lowest BCUT2D eigenvalue weighted by Crippen LogP contribution is -2.35. The summed E-state index contributed by atoms with van der Waals surface area (Å²) < 4.78 is 0. The highest BCUT2D eigenvalue weighted by Crippen LogP contribution is 2.23. The van der Waals surface area contributed by atoms with Gasteiger partial charge in [0.15, 0.2) is 0 Å². The largest absolute Gasteiger partial charge is 0.396 e. The molecule has 138 valence electrons. The Labute approximate surface area is 158 Å². The van der Waals surface area contributed by atoms with E-state index in [2.05, 4.69) is 5.32 Å². The van der Waals surface area contributed by atoms with E-state index in [1.807, 2.05) is 37.3 Å². The maximum Gasteiger partial charge on any atom is 0.255 e. The number of amides is 2. The number of aliphatic hydroxyl groups excluding tert-OH is 1. The summed E-state index contributed by atoms with van der Waals surface area (Å²) in [5.74, 6) is -0.476. The van der Waals surface area contributed by atoms with Gasteiger partial charge in [0.05, 0.1) is 10.6 Å². The number of nitrogens with one attached hydrogen (secondary N) is 1. The van der Waals surface area contributed by atoms with Crippen molar-refractivity contribution in [3.63, 3.8) is 0 Å². The molecular weight excluding hydrogens is 352 g/mol. The summed E-state index contributed by atoms with van der Waals surface area (Å²) >= 11 is 6.28. The molecule has 2 aromatic carbocycles. The summed E-state index contributed by atoms with van der Waals surface area (Å²) in [7, 11) is 0. The van der Waals surface area contributed by atoms with Gasteiger partial charge in [-0.1, -0.05) is 48.9 Å². The van der Waals surface area contributed by atoms with Gasteiger partial charge in [-0.05, 0) is 29.7 Å². The Kier molecular flexibility index (Phi) is 7.18. The molecule has 2 rings (SSSR count). The van der Waals surface area contributed by atoms with Crippen LogP contribution in [0.25, 0.3) is 0 Å². The summed E-state index contributed by atoms with van der Waals surface area (Å²) in [6.07, 6.45) is 0. The minimum atomic E-state index is -0.214. The minimum absolute atomic E-state index is 0.00618. The number of hydrogen-bond donors (Lipinski definition) is 2. The van der Waals surface area contributed by atoms with Crippen LogP contribution < -0.4 is 5.32 Å². The Hall–Kier alpha value is -2.37. The van der Waals surface area contributed by atoms with Gasteiger partial charge in [-0.15, -0.1) is 0 Å². The molecule has 0 radical (unpaired) electrons. The highest BCUT2D eigenvalue weighted by Gasteiger charge is 2.21. The number of hydrogen-bond acceptors (Lipinski definition) is 3. The second-order valence-corrected chi connectivity index (χ2v) is 6.74. The molecule has 2 amide bonds. The molecule has 0 saturated heterocycles. The van der Waals surface area contributed by atoms with Crippen LogP contribution in [-0.4, -0.2) is 35.0 Å². The molecule has 1 atom stereocenters. The molecule has 0 aliphatic rings. The fourth-order valence-electron chi connectivity index (χ4n) is 2.60. The number of benzene rings is 2. The average molecular weight is 375 g/mol. The lowest BCUT2D eigenvalue weighted by Gasteiger charge is -2.26. The van der Waals surface area contributed by atoms with Crippen molar-refractivity contribution >= 4 is 29.1 Å². The molecule has 2 aromatic rings. The zero-order chi connectivity index (χ0) is 19.1. The molecule has 0 bridgehead atoms. The summed E-state index contributed by atoms with van der Waals surface area (Å²) in [5, 5.41) is 12.3. The van der Waals surface area contributed by atoms with E-state index in [1.165, 1.54) is 6.92 Å². The molecule has 0 unspecified atom stereocenters. The normalized spacial score (nSPS) is 11.7. The number of rotatable bonds is 7. The van der Waals surface area contributed by atoms with Gasteiger partial charge in [0.25, 0.3) is 5.91 Å². The smallest absolute Gasteiger partial charge is 0.255 e. The van der Waals surface area contributed by atoms with Crippen LogP contribution in [0.5, 0.6) is 0 Å². The number of halogens is 1. The number of carbonyl (C=O) groups is 2. The minimum Gasteiger partial charge on any atom is -0.396 e. The fourth-order valence-corrected chi connectivity index (χ4v) is 2.86. The van der Waals surface area contributed by atoms with E-state index in [0.717, 1.165) is 5.56 Å². The van der Waals surface area contributed by atoms with Crippen LogP contribution in [0.4, 0.5) is 5.69 Å². The van der Waals surface area contributed by atoms with Crippen LogP contribution in [0.1, 0.15) is 29.8 Å². The molecule has 0 aromatic heterocycles. The monoisotopic (exact) mass is 374 g/mol. The second-order valence-electron chi connectivity index (χ2n) is 6.33. The van der Waals surface area contributed by atoms with Crippen LogP contribution in [-0.2, 0) is 11.3 Å². The van der Waals surface area contributed by atoms with Gasteiger partial charge in [-0.2, -0.15) is 0 Å². The van der Waals surface area contributed by atoms with Crippen LogP contribution in [0.15, 0.2) is 48.5 Å². The molecule has 0 fully saturated rings. The van der Waals surface area contributed by atoms with Crippen molar-refractivity contribution < 1.29 is 14.7 Å². The van der Waals surface area contributed by atoms with Crippen molar-refractivity contribution in [2.45, 2.75) is 20.4 Å². The summed E-state index contributed by atoms with van der Waals surface area (Å²) in [5.41, 5.74) is 1.90. The van der Waals surface area contributed by atoms with E-state index in [4.69, 9.17) is 11.6 Å². The topological polar surface area (TPSA) is 69.6 Å². The van der Waals surface area contributed by atoms with Crippen molar-refractivity contribution in [3.05, 3.63) is 64.7 Å². The van der Waals surface area contributed by atoms with Gasteiger partial charge in [-0.3, -0.25) is 9.59 Å². The van der Waals surface area contributed by atoms with Crippen LogP contribution in [0.3, 0.4) is 0 Å². The predicted molar refractivity (Wildman–Crippen MR) is 103 cm³/mol. The number of nitrogens with zero attached hydrogens (tertiary/aromatic N) is 1. The van der Waals surface area contributed by atoms with Crippen molar-refractivity contribution in [2.24, 2.45) is 5.92 Å². The lowest BCUT2D eigenvalue weighted by molar-refractivity contribution is -0.114. The first-order chi connectivity index (χ1) is 12.4. The SMILES string of the molecule is CC(=O)Nc1ccc(C(=O)N(Cc2ccccc2)C[C@@H](C)CO)c(Cl)c1. The van der Waals surface area contributed by atoms with Crippen LogP contribution >= 0.6 is 11.6 Å². The first kappa shape index (κ1) is 19.9. The van der Waals surface area contributed by atoms with Crippen molar-refractivity contribution in [3.8, 4) is 0 Å². The third-order valence-electron chi connectivity index (χ3n) is 3.87. The van der Waals surface area contributed by atoms with Gasteiger partial charge in [0.1, 0.15) is 0 Å².